The first-order valence-electron chi connectivity index (χ1n) is 8.04. The molecular weight excluding hydrogens is 308 g/mol. The molecule has 1 heterocycles. The van der Waals surface area contributed by atoms with Crippen LogP contribution in [0.3, 0.4) is 0 Å². The Labute approximate surface area is 141 Å². The van der Waals surface area contributed by atoms with Crippen LogP contribution >= 0.6 is 0 Å². The largest absolute Gasteiger partial charge is 0.351 e. The Morgan fingerprint density at radius 1 is 1.12 bits per heavy atom. The summed E-state index contributed by atoms with van der Waals surface area (Å²) in [6.45, 7) is 6.06. The van der Waals surface area contributed by atoms with E-state index >= 15 is 0 Å². The van der Waals surface area contributed by atoms with Gasteiger partial charge in [-0.05, 0) is 19.4 Å². The minimum Gasteiger partial charge on any atom is -0.351 e. The van der Waals surface area contributed by atoms with Crippen LogP contribution in [-0.2, 0) is 16.0 Å². The number of hydrogen-bond donors (Lipinski definition) is 2. The second-order valence-electron chi connectivity index (χ2n) is 6.11. The molecule has 1 aliphatic heterocycles. The number of hydrogen-bond acceptors (Lipinski definition) is 4. The van der Waals surface area contributed by atoms with E-state index < -0.39 is 18.0 Å². The number of piperazine rings is 1. The van der Waals surface area contributed by atoms with Gasteiger partial charge in [0.2, 0.25) is 11.8 Å². The maximum Gasteiger partial charge on any atom is 0.318 e. The summed E-state index contributed by atoms with van der Waals surface area (Å²) in [7, 11) is 0. The number of carbonyl (C=O) groups is 3. The molecule has 1 unspecified atom stereocenters. The van der Waals surface area contributed by atoms with Crippen LogP contribution in [0.15, 0.2) is 24.3 Å². The van der Waals surface area contributed by atoms with E-state index in [2.05, 4.69) is 5.32 Å². The van der Waals surface area contributed by atoms with E-state index in [1.54, 1.807) is 6.92 Å². The van der Waals surface area contributed by atoms with Crippen LogP contribution in [0.25, 0.3) is 0 Å². The van der Waals surface area contributed by atoms with Crippen molar-refractivity contribution in [1.82, 2.24) is 15.1 Å². The summed E-state index contributed by atoms with van der Waals surface area (Å²) in [5.74, 6) is -0.324. The van der Waals surface area contributed by atoms with Gasteiger partial charge < -0.3 is 10.6 Å². The highest BCUT2D eigenvalue weighted by molar-refractivity contribution is 5.96. The number of imide groups is 1. The normalized spacial score (nSPS) is 16.5. The number of carbonyl (C=O) groups excluding carboxylic acids is 3. The van der Waals surface area contributed by atoms with Crippen molar-refractivity contribution in [2.24, 2.45) is 5.73 Å². The molecule has 0 aliphatic carbocycles. The van der Waals surface area contributed by atoms with Gasteiger partial charge in [-0.1, -0.05) is 29.8 Å². The molecule has 1 saturated heterocycles. The number of nitrogens with two attached hydrogens (primary N) is 1. The third kappa shape index (κ3) is 4.79. The van der Waals surface area contributed by atoms with Crippen LogP contribution in [0.1, 0.15) is 18.1 Å². The molecule has 0 spiro atoms. The van der Waals surface area contributed by atoms with Crippen molar-refractivity contribution in [3.63, 3.8) is 0 Å². The summed E-state index contributed by atoms with van der Waals surface area (Å²) in [5, 5.41) is 2.09. The number of primary amides is 1. The number of nitrogens with one attached hydrogen (secondary N) is 1. The molecule has 1 aliphatic rings. The Bertz CT molecular complexity index is 607. The summed E-state index contributed by atoms with van der Waals surface area (Å²) in [5.41, 5.74) is 7.13. The minimum atomic E-state index is -0.848. The zero-order valence-electron chi connectivity index (χ0n) is 14.1. The highest BCUT2D eigenvalue weighted by atomic mass is 16.2. The van der Waals surface area contributed by atoms with Gasteiger partial charge in [0.15, 0.2) is 0 Å². The number of nitrogens with zero attached hydrogens (tertiary/aromatic N) is 2. The molecule has 3 N–H and O–H groups in total. The predicted octanol–water partition coefficient (Wildman–Crippen LogP) is 0.265. The third-order valence-corrected chi connectivity index (χ3v) is 4.32. The molecule has 0 saturated carbocycles. The Morgan fingerprint density at radius 3 is 2.25 bits per heavy atom. The molecule has 1 atom stereocenters. The standard InChI is InChI=1S/C17H24N4O3/c1-12-3-5-14(6-4-12)11-15(22)21-9-7-20(8-10-21)13(2)16(23)19-17(18)24/h3-6,13H,7-11H2,1-2H3,(H3,18,19,23,24). The van der Waals surface area contributed by atoms with Crippen molar-refractivity contribution in [3.8, 4) is 0 Å². The van der Waals surface area contributed by atoms with Gasteiger partial charge in [0.05, 0.1) is 12.5 Å². The number of rotatable bonds is 4. The SMILES string of the molecule is Cc1ccc(CC(=O)N2CCN(C(C)C(=O)NC(N)=O)CC2)cc1. The maximum atomic E-state index is 12.4. The molecule has 24 heavy (non-hydrogen) atoms. The van der Waals surface area contributed by atoms with E-state index in [1.807, 2.05) is 41.0 Å². The van der Waals surface area contributed by atoms with E-state index in [4.69, 9.17) is 5.73 Å². The summed E-state index contributed by atoms with van der Waals surface area (Å²) >= 11 is 0. The molecule has 1 fully saturated rings. The number of amides is 4. The monoisotopic (exact) mass is 332 g/mol. The van der Waals surface area contributed by atoms with Gasteiger partial charge in [0, 0.05) is 26.2 Å². The highest BCUT2D eigenvalue weighted by Gasteiger charge is 2.27. The first kappa shape index (κ1) is 17.9. The fourth-order valence-electron chi connectivity index (χ4n) is 2.74. The molecule has 2 rings (SSSR count). The first-order valence-corrected chi connectivity index (χ1v) is 8.04. The van der Waals surface area contributed by atoms with Crippen molar-refractivity contribution in [2.75, 3.05) is 26.2 Å². The van der Waals surface area contributed by atoms with Crippen LogP contribution in [0.2, 0.25) is 0 Å². The molecule has 0 aromatic heterocycles. The van der Waals surface area contributed by atoms with E-state index in [0.29, 0.717) is 32.6 Å². The van der Waals surface area contributed by atoms with Gasteiger partial charge >= 0.3 is 6.03 Å². The first-order chi connectivity index (χ1) is 11.4. The summed E-state index contributed by atoms with van der Waals surface area (Å²) in [6.07, 6.45) is 0.387. The molecule has 0 radical (unpaired) electrons. The molecular formula is C17H24N4O3. The number of benzene rings is 1. The van der Waals surface area contributed by atoms with Crippen molar-refractivity contribution < 1.29 is 14.4 Å². The topological polar surface area (TPSA) is 95.7 Å². The van der Waals surface area contributed by atoms with Crippen LogP contribution in [0.5, 0.6) is 0 Å². The number of urea groups is 1. The molecule has 1 aromatic carbocycles. The van der Waals surface area contributed by atoms with Crippen LogP contribution < -0.4 is 11.1 Å². The molecule has 7 heteroatoms. The average molecular weight is 332 g/mol. The lowest BCUT2D eigenvalue weighted by atomic mass is 10.1. The molecule has 130 valence electrons. The van der Waals surface area contributed by atoms with Gasteiger partial charge in [-0.3, -0.25) is 19.8 Å². The van der Waals surface area contributed by atoms with Crippen molar-refractivity contribution in [2.45, 2.75) is 26.3 Å². The number of aryl methyl sites for hydroxylation is 1. The predicted molar refractivity (Wildman–Crippen MR) is 90.2 cm³/mol. The van der Waals surface area contributed by atoms with Crippen LogP contribution in [0.4, 0.5) is 4.79 Å². The van der Waals surface area contributed by atoms with Crippen LogP contribution in [-0.4, -0.2) is 59.9 Å². The second kappa shape index (κ2) is 7.92. The van der Waals surface area contributed by atoms with Crippen LogP contribution in [0, 0.1) is 6.92 Å². The van der Waals surface area contributed by atoms with Crippen molar-refractivity contribution >= 4 is 17.8 Å². The summed E-state index contributed by atoms with van der Waals surface area (Å²) in [4.78, 5) is 38.7. The van der Waals surface area contributed by atoms with Gasteiger partial charge in [-0.25, -0.2) is 4.79 Å². The van der Waals surface area contributed by atoms with Gasteiger partial charge in [-0.2, -0.15) is 0 Å². The van der Waals surface area contributed by atoms with E-state index in [1.165, 1.54) is 5.56 Å². The molecule has 1 aromatic rings. The zero-order valence-corrected chi connectivity index (χ0v) is 14.1. The lowest BCUT2D eigenvalue weighted by Gasteiger charge is -2.37. The van der Waals surface area contributed by atoms with E-state index in [9.17, 15) is 14.4 Å². The molecule has 7 nitrogen and oxygen atoms in total. The van der Waals surface area contributed by atoms with Crippen molar-refractivity contribution in [3.05, 3.63) is 35.4 Å². The average Bonchev–Trinajstić information content (AvgIpc) is 2.55. The fourth-order valence-corrected chi connectivity index (χ4v) is 2.74. The van der Waals surface area contributed by atoms with Gasteiger partial charge in [-0.15, -0.1) is 0 Å². The lowest BCUT2D eigenvalue weighted by molar-refractivity contribution is -0.133. The Balaban J connectivity index is 1.83. The zero-order chi connectivity index (χ0) is 17.7. The second-order valence-corrected chi connectivity index (χ2v) is 6.11. The van der Waals surface area contributed by atoms with E-state index in [-0.39, 0.29) is 5.91 Å². The highest BCUT2D eigenvalue weighted by Crippen LogP contribution is 2.10. The smallest absolute Gasteiger partial charge is 0.318 e. The Hall–Kier alpha value is -2.41. The maximum absolute atomic E-state index is 12.4. The third-order valence-electron chi connectivity index (χ3n) is 4.32. The minimum absolute atomic E-state index is 0.0905. The van der Waals surface area contributed by atoms with Gasteiger partial charge in [0.1, 0.15) is 0 Å². The molecule has 0 bridgehead atoms. The lowest BCUT2D eigenvalue weighted by Crippen LogP contribution is -2.56. The van der Waals surface area contributed by atoms with E-state index in [0.717, 1.165) is 5.56 Å². The Kier molecular flexibility index (Phi) is 5.92. The van der Waals surface area contributed by atoms with Crippen molar-refractivity contribution in [1.29, 1.82) is 0 Å². The fraction of sp³-hybridized carbons (Fsp3) is 0.471. The summed E-state index contributed by atoms with van der Waals surface area (Å²) < 4.78 is 0. The molecule has 4 amide bonds. The van der Waals surface area contributed by atoms with Gasteiger partial charge in [0.25, 0.3) is 0 Å². The summed E-state index contributed by atoms with van der Waals surface area (Å²) in [6, 6.07) is 6.64. The quantitative estimate of drug-likeness (QED) is 0.827. The Morgan fingerprint density at radius 2 is 1.71 bits per heavy atom.